The van der Waals surface area contributed by atoms with Crippen LogP contribution in [0.4, 0.5) is 0 Å². The van der Waals surface area contributed by atoms with Crippen LogP contribution in [0.1, 0.15) is 16.7 Å². The molecule has 0 saturated carbocycles. The molecule has 3 aromatic carbocycles. The summed E-state index contributed by atoms with van der Waals surface area (Å²) < 4.78 is 64.1. The van der Waals surface area contributed by atoms with Crippen molar-refractivity contribution in [1.82, 2.24) is 3.97 Å². The van der Waals surface area contributed by atoms with Gasteiger partial charge in [-0.1, -0.05) is 41.5 Å². The van der Waals surface area contributed by atoms with Crippen LogP contribution >= 0.6 is 0 Å². The zero-order chi connectivity index (χ0) is 24.8. The Morgan fingerprint density at radius 3 is 2.11 bits per heavy atom. The molecule has 0 aliphatic carbocycles. The molecular weight excluding hydrogens is 486 g/mol. The van der Waals surface area contributed by atoms with Gasteiger partial charge in [0, 0.05) is 17.1 Å². The zero-order valence-corrected chi connectivity index (χ0v) is 20.7. The topological polar surface area (TPSA) is 91.7 Å². The van der Waals surface area contributed by atoms with E-state index in [9.17, 15) is 16.8 Å². The Kier molecular flexibility index (Phi) is 5.79. The van der Waals surface area contributed by atoms with Gasteiger partial charge in [0.2, 0.25) is 0 Å². The fourth-order valence-corrected chi connectivity index (χ4v) is 6.16. The summed E-state index contributed by atoms with van der Waals surface area (Å²) in [4.78, 5) is 0.260. The van der Waals surface area contributed by atoms with Crippen molar-refractivity contribution in [2.45, 2.75) is 29.7 Å². The monoisotopic (exact) mass is 509 g/mol. The normalized spacial score (nSPS) is 15.7. The van der Waals surface area contributed by atoms with E-state index in [4.69, 9.17) is 8.92 Å². The van der Waals surface area contributed by atoms with Gasteiger partial charge >= 0.3 is 0 Å². The molecule has 2 heterocycles. The smallest absolute Gasteiger partial charge is 0.297 e. The standard InChI is InChI=1S/C26H23NO6S2/c1-18-3-10-22(11-4-18)34(28,29)27-16-15-24-25(27)14-8-20-7-9-21(33-26(20)24)17-32-35(30,31)23-12-5-19(2)6-13-23/h3-16,21H,17H2,1-2H3/t21-/m1/s1. The predicted molar refractivity (Wildman–Crippen MR) is 133 cm³/mol. The van der Waals surface area contributed by atoms with E-state index < -0.39 is 26.2 Å². The van der Waals surface area contributed by atoms with Gasteiger partial charge in [0.15, 0.2) is 0 Å². The minimum absolute atomic E-state index is 0.0732. The van der Waals surface area contributed by atoms with Gasteiger partial charge in [-0.3, -0.25) is 4.18 Å². The Hall–Kier alpha value is -3.40. The summed E-state index contributed by atoms with van der Waals surface area (Å²) in [5.41, 5.74) is 3.14. The minimum Gasteiger partial charge on any atom is -0.483 e. The number of fused-ring (bicyclic) bond motifs is 3. The van der Waals surface area contributed by atoms with Crippen molar-refractivity contribution in [3.8, 4) is 5.75 Å². The van der Waals surface area contributed by atoms with Crippen molar-refractivity contribution in [3.05, 3.63) is 95.7 Å². The average Bonchev–Trinajstić information content (AvgIpc) is 3.29. The fraction of sp³-hybridized carbons (Fsp3) is 0.154. The van der Waals surface area contributed by atoms with Gasteiger partial charge < -0.3 is 4.74 Å². The van der Waals surface area contributed by atoms with Crippen LogP contribution in [-0.2, 0) is 24.3 Å². The molecule has 0 amide bonds. The first-order chi connectivity index (χ1) is 16.6. The third-order valence-electron chi connectivity index (χ3n) is 5.85. The molecule has 0 radical (unpaired) electrons. The zero-order valence-electron chi connectivity index (χ0n) is 19.1. The molecule has 0 spiro atoms. The van der Waals surface area contributed by atoms with E-state index >= 15 is 0 Å². The number of hydrogen-bond acceptors (Lipinski definition) is 6. The highest BCUT2D eigenvalue weighted by Crippen LogP contribution is 2.36. The highest BCUT2D eigenvalue weighted by Gasteiger charge is 2.25. The van der Waals surface area contributed by atoms with Crippen molar-refractivity contribution in [2.24, 2.45) is 0 Å². The molecule has 35 heavy (non-hydrogen) atoms. The number of nitrogens with zero attached hydrogens (tertiary/aromatic N) is 1. The van der Waals surface area contributed by atoms with E-state index in [2.05, 4.69) is 0 Å². The third-order valence-corrected chi connectivity index (χ3v) is 8.85. The van der Waals surface area contributed by atoms with Crippen LogP contribution < -0.4 is 4.74 Å². The Morgan fingerprint density at radius 2 is 1.46 bits per heavy atom. The molecule has 1 aromatic heterocycles. The molecule has 0 bridgehead atoms. The maximum atomic E-state index is 13.2. The summed E-state index contributed by atoms with van der Waals surface area (Å²) in [6, 6.07) is 18.3. The summed E-state index contributed by atoms with van der Waals surface area (Å²) in [6.07, 6.45) is 4.37. The van der Waals surface area contributed by atoms with Gasteiger partial charge in [-0.05, 0) is 62.4 Å². The lowest BCUT2D eigenvalue weighted by atomic mass is 10.1. The summed E-state index contributed by atoms with van der Waals surface area (Å²) in [5.74, 6) is 0.476. The summed E-state index contributed by atoms with van der Waals surface area (Å²) in [7, 11) is -7.75. The lowest BCUT2D eigenvalue weighted by Gasteiger charge is -2.22. The van der Waals surface area contributed by atoms with E-state index in [1.165, 1.54) is 22.3 Å². The van der Waals surface area contributed by atoms with Crippen LogP contribution in [0.2, 0.25) is 0 Å². The van der Waals surface area contributed by atoms with E-state index in [1.807, 2.05) is 19.9 Å². The molecule has 9 heteroatoms. The number of benzene rings is 3. The Bertz CT molecular complexity index is 1650. The molecule has 5 rings (SSSR count). The van der Waals surface area contributed by atoms with Crippen LogP contribution in [-0.4, -0.2) is 33.5 Å². The first-order valence-electron chi connectivity index (χ1n) is 10.9. The number of hydrogen-bond donors (Lipinski definition) is 0. The first kappa shape index (κ1) is 23.3. The van der Waals surface area contributed by atoms with Gasteiger partial charge in [-0.25, -0.2) is 12.4 Å². The molecule has 1 aliphatic heterocycles. The SMILES string of the molecule is Cc1ccc(S(=O)(=O)OC[C@H]2C=Cc3ccc4c(ccn4S(=O)(=O)c4ccc(C)cc4)c3O2)cc1. The molecule has 0 fully saturated rings. The molecule has 4 aromatic rings. The Balaban J connectivity index is 1.41. The van der Waals surface area contributed by atoms with Crippen molar-refractivity contribution in [3.63, 3.8) is 0 Å². The van der Waals surface area contributed by atoms with Crippen LogP contribution in [0.25, 0.3) is 17.0 Å². The maximum absolute atomic E-state index is 13.2. The van der Waals surface area contributed by atoms with Crippen LogP contribution in [0.15, 0.2) is 88.8 Å². The summed E-state index contributed by atoms with van der Waals surface area (Å²) >= 11 is 0. The molecular formula is C26H23NO6S2. The second-order valence-corrected chi connectivity index (χ2v) is 11.8. The average molecular weight is 510 g/mol. The Labute approximate surface area is 204 Å². The van der Waals surface area contributed by atoms with Gasteiger partial charge in [0.25, 0.3) is 20.1 Å². The second-order valence-electron chi connectivity index (χ2n) is 8.41. The quantitative estimate of drug-likeness (QED) is 0.351. The van der Waals surface area contributed by atoms with E-state index in [-0.39, 0.29) is 16.4 Å². The molecule has 0 N–H and O–H groups in total. The van der Waals surface area contributed by atoms with Gasteiger partial charge in [-0.15, -0.1) is 0 Å². The maximum Gasteiger partial charge on any atom is 0.297 e. The van der Waals surface area contributed by atoms with E-state index in [0.717, 1.165) is 16.7 Å². The van der Waals surface area contributed by atoms with Crippen molar-refractivity contribution >= 4 is 37.1 Å². The third kappa shape index (κ3) is 4.38. The first-order valence-corrected chi connectivity index (χ1v) is 13.8. The van der Waals surface area contributed by atoms with Crippen LogP contribution in [0.5, 0.6) is 5.75 Å². The van der Waals surface area contributed by atoms with E-state index in [0.29, 0.717) is 16.7 Å². The summed E-state index contributed by atoms with van der Waals surface area (Å²) in [5, 5.41) is 0.605. The number of aryl methyl sites for hydroxylation is 2. The van der Waals surface area contributed by atoms with Crippen LogP contribution in [0, 0.1) is 13.8 Å². The number of ether oxygens (including phenoxy) is 1. The van der Waals surface area contributed by atoms with Crippen molar-refractivity contribution < 1.29 is 25.8 Å². The molecule has 1 aliphatic rings. The fourth-order valence-electron chi connectivity index (χ4n) is 3.90. The van der Waals surface area contributed by atoms with E-state index in [1.54, 1.807) is 60.7 Å². The lowest BCUT2D eigenvalue weighted by molar-refractivity contribution is 0.167. The molecule has 0 unspecified atom stereocenters. The molecule has 7 nitrogen and oxygen atoms in total. The lowest BCUT2D eigenvalue weighted by Crippen LogP contribution is -2.25. The van der Waals surface area contributed by atoms with Crippen molar-refractivity contribution in [2.75, 3.05) is 6.61 Å². The van der Waals surface area contributed by atoms with Gasteiger partial charge in [-0.2, -0.15) is 8.42 Å². The predicted octanol–water partition coefficient (Wildman–Crippen LogP) is 4.67. The summed E-state index contributed by atoms with van der Waals surface area (Å²) in [6.45, 7) is 3.55. The molecule has 180 valence electrons. The largest absolute Gasteiger partial charge is 0.483 e. The van der Waals surface area contributed by atoms with Crippen LogP contribution in [0.3, 0.4) is 0 Å². The molecule has 0 saturated heterocycles. The van der Waals surface area contributed by atoms with Gasteiger partial charge in [0.05, 0.1) is 15.3 Å². The Morgan fingerprint density at radius 1 is 0.829 bits per heavy atom. The van der Waals surface area contributed by atoms with Gasteiger partial charge in [0.1, 0.15) is 18.5 Å². The highest BCUT2D eigenvalue weighted by atomic mass is 32.2. The van der Waals surface area contributed by atoms with Crippen molar-refractivity contribution in [1.29, 1.82) is 0 Å². The minimum atomic E-state index is -3.94. The highest BCUT2D eigenvalue weighted by molar-refractivity contribution is 7.90. The molecule has 1 atom stereocenters. The second kappa shape index (κ2) is 8.67. The number of rotatable bonds is 6. The number of aromatic nitrogens is 1.